The molecule has 0 bridgehead atoms. The highest BCUT2D eigenvalue weighted by Crippen LogP contribution is 2.35. The van der Waals surface area contributed by atoms with E-state index in [4.69, 9.17) is 4.74 Å². The van der Waals surface area contributed by atoms with Crippen LogP contribution in [0.25, 0.3) is 10.6 Å². The van der Waals surface area contributed by atoms with Gasteiger partial charge in [-0.25, -0.2) is 4.98 Å². The topological polar surface area (TPSA) is 62.7 Å². The van der Waals surface area contributed by atoms with Crippen LogP contribution < -0.4 is 9.64 Å². The summed E-state index contributed by atoms with van der Waals surface area (Å²) in [6.45, 7) is 3.72. The maximum absolute atomic E-state index is 13.5. The summed E-state index contributed by atoms with van der Waals surface area (Å²) in [5, 5.41) is 2.59. The van der Waals surface area contributed by atoms with Gasteiger partial charge in [-0.2, -0.15) is 0 Å². The number of aryl methyl sites for hydroxylation is 1. The van der Waals surface area contributed by atoms with Gasteiger partial charge in [-0.3, -0.25) is 14.5 Å². The molecular weight excluding hydrogens is 422 g/mol. The number of hydrogen-bond donors (Lipinski definition) is 0. The van der Waals surface area contributed by atoms with E-state index in [2.05, 4.69) is 4.98 Å². The number of thiazole rings is 1. The van der Waals surface area contributed by atoms with Crippen LogP contribution in [0.1, 0.15) is 35.3 Å². The largest absolute Gasteiger partial charge is 0.476 e. The second kappa shape index (κ2) is 8.74. The molecule has 0 N–H and O–H groups in total. The van der Waals surface area contributed by atoms with E-state index in [1.807, 2.05) is 60.4 Å². The third kappa shape index (κ3) is 4.00. The summed E-state index contributed by atoms with van der Waals surface area (Å²) in [6, 6.07) is 15.5. The third-order valence-corrected chi connectivity index (χ3v) is 6.88. The van der Waals surface area contributed by atoms with E-state index in [0.717, 1.165) is 42.9 Å². The lowest BCUT2D eigenvalue weighted by molar-refractivity contribution is -0.139. The maximum atomic E-state index is 13.5. The number of rotatable bonds is 3. The Morgan fingerprint density at radius 2 is 1.78 bits per heavy atom. The molecule has 0 radical (unpaired) electrons. The lowest BCUT2D eigenvalue weighted by Crippen LogP contribution is -2.52. The van der Waals surface area contributed by atoms with E-state index in [-0.39, 0.29) is 18.4 Å². The number of fused-ring (bicyclic) bond motifs is 1. The van der Waals surface area contributed by atoms with E-state index in [1.165, 1.54) is 16.9 Å². The zero-order valence-electron chi connectivity index (χ0n) is 18.0. The smallest absolute Gasteiger partial charge is 0.278 e. The van der Waals surface area contributed by atoms with Gasteiger partial charge in [-0.15, -0.1) is 11.3 Å². The average molecular weight is 448 g/mol. The van der Waals surface area contributed by atoms with Gasteiger partial charge in [-0.1, -0.05) is 42.0 Å². The number of carbonyl (C=O) groups is 2. The molecule has 32 heavy (non-hydrogen) atoms. The third-order valence-electron chi connectivity index (χ3n) is 5.98. The van der Waals surface area contributed by atoms with E-state index < -0.39 is 6.10 Å². The zero-order chi connectivity index (χ0) is 22.1. The molecule has 0 spiro atoms. The summed E-state index contributed by atoms with van der Waals surface area (Å²) in [5.41, 5.74) is 3.22. The fraction of sp³-hybridized carbons (Fsp3) is 0.320. The minimum absolute atomic E-state index is 0.0457. The van der Waals surface area contributed by atoms with Gasteiger partial charge in [0.15, 0.2) is 6.10 Å². The highest BCUT2D eigenvalue weighted by atomic mass is 32.1. The molecule has 2 amide bonds. The van der Waals surface area contributed by atoms with E-state index >= 15 is 0 Å². The van der Waals surface area contributed by atoms with E-state index in [0.29, 0.717) is 17.1 Å². The SMILES string of the molecule is Cc1ccc(-c2nc(C(=O)N3CC(C(=O)N4CCCCC4)Oc4ccccc43)cs2)cc1. The summed E-state index contributed by atoms with van der Waals surface area (Å²) >= 11 is 1.45. The van der Waals surface area contributed by atoms with Crippen LogP contribution in [-0.4, -0.2) is 47.4 Å². The van der Waals surface area contributed by atoms with Gasteiger partial charge in [0.2, 0.25) is 0 Å². The Morgan fingerprint density at radius 3 is 2.56 bits per heavy atom. The maximum Gasteiger partial charge on any atom is 0.278 e. The van der Waals surface area contributed by atoms with Crippen molar-refractivity contribution in [3.05, 3.63) is 65.2 Å². The fourth-order valence-electron chi connectivity index (χ4n) is 4.21. The van der Waals surface area contributed by atoms with Crippen LogP contribution in [0.4, 0.5) is 5.69 Å². The van der Waals surface area contributed by atoms with Gasteiger partial charge in [0.1, 0.15) is 16.5 Å². The van der Waals surface area contributed by atoms with Gasteiger partial charge in [-0.05, 0) is 38.3 Å². The normalized spacial score (nSPS) is 18.1. The quantitative estimate of drug-likeness (QED) is 0.591. The summed E-state index contributed by atoms with van der Waals surface area (Å²) in [5.74, 6) is 0.291. The molecule has 2 aliphatic rings. The Balaban J connectivity index is 1.42. The van der Waals surface area contributed by atoms with Crippen molar-refractivity contribution < 1.29 is 14.3 Å². The fourth-order valence-corrected chi connectivity index (χ4v) is 5.01. The molecule has 1 unspecified atom stereocenters. The van der Waals surface area contributed by atoms with Crippen LogP contribution in [-0.2, 0) is 4.79 Å². The van der Waals surface area contributed by atoms with Crippen molar-refractivity contribution in [3.8, 4) is 16.3 Å². The van der Waals surface area contributed by atoms with Crippen LogP contribution >= 0.6 is 11.3 Å². The van der Waals surface area contributed by atoms with Crippen LogP contribution in [0.2, 0.25) is 0 Å². The Kier molecular flexibility index (Phi) is 5.66. The molecule has 3 aromatic rings. The highest BCUT2D eigenvalue weighted by Gasteiger charge is 2.37. The van der Waals surface area contributed by atoms with Crippen molar-refractivity contribution in [1.29, 1.82) is 0 Å². The lowest BCUT2D eigenvalue weighted by Gasteiger charge is -2.37. The number of benzene rings is 2. The van der Waals surface area contributed by atoms with Crippen LogP contribution in [0.5, 0.6) is 5.75 Å². The standard InChI is InChI=1S/C25H25N3O3S/c1-17-9-11-18(12-10-17)23-26-19(16-32-23)24(29)28-15-22(25(30)27-13-5-2-6-14-27)31-21-8-4-3-7-20(21)28/h3-4,7-12,16,22H,2,5-6,13-15H2,1H3. The molecule has 3 heterocycles. The molecule has 1 saturated heterocycles. The first kappa shape index (κ1) is 20.7. The molecule has 0 saturated carbocycles. The number of aromatic nitrogens is 1. The second-order valence-corrected chi connectivity index (χ2v) is 9.14. The molecule has 6 nitrogen and oxygen atoms in total. The van der Waals surface area contributed by atoms with E-state index in [1.54, 1.807) is 10.3 Å². The molecule has 1 aromatic heterocycles. The second-order valence-electron chi connectivity index (χ2n) is 8.28. The number of likely N-dealkylation sites (tertiary alicyclic amines) is 1. The van der Waals surface area contributed by atoms with Gasteiger partial charge in [0.05, 0.1) is 12.2 Å². The number of amides is 2. The van der Waals surface area contributed by atoms with Gasteiger partial charge >= 0.3 is 0 Å². The molecule has 2 aromatic carbocycles. The van der Waals surface area contributed by atoms with Crippen molar-refractivity contribution in [1.82, 2.24) is 9.88 Å². The Bertz CT molecular complexity index is 1140. The predicted molar refractivity (Wildman–Crippen MR) is 125 cm³/mol. The number of piperidine rings is 1. The summed E-state index contributed by atoms with van der Waals surface area (Å²) in [4.78, 5) is 34.7. The Hall–Kier alpha value is -3.19. The zero-order valence-corrected chi connectivity index (χ0v) is 18.8. The predicted octanol–water partition coefficient (Wildman–Crippen LogP) is 4.54. The first-order valence-corrected chi connectivity index (χ1v) is 11.9. The van der Waals surface area contributed by atoms with Crippen molar-refractivity contribution >= 4 is 28.8 Å². The summed E-state index contributed by atoms with van der Waals surface area (Å²) in [6.07, 6.45) is 2.47. The van der Waals surface area contributed by atoms with Crippen molar-refractivity contribution in [2.45, 2.75) is 32.3 Å². The van der Waals surface area contributed by atoms with Crippen LogP contribution in [0, 0.1) is 6.92 Å². The Labute approximate surface area is 191 Å². The number of hydrogen-bond acceptors (Lipinski definition) is 5. The number of para-hydroxylation sites is 2. The lowest BCUT2D eigenvalue weighted by atomic mass is 10.1. The first-order valence-electron chi connectivity index (χ1n) is 11.0. The number of ether oxygens (including phenoxy) is 1. The number of nitrogens with zero attached hydrogens (tertiary/aromatic N) is 3. The average Bonchev–Trinajstić information content (AvgIpc) is 3.34. The van der Waals surface area contributed by atoms with Crippen molar-refractivity contribution in [2.75, 3.05) is 24.5 Å². The molecule has 5 rings (SSSR count). The monoisotopic (exact) mass is 447 g/mol. The van der Waals surface area contributed by atoms with Crippen LogP contribution in [0.15, 0.2) is 53.9 Å². The molecule has 1 atom stereocenters. The molecule has 7 heteroatoms. The van der Waals surface area contributed by atoms with Gasteiger partial charge in [0.25, 0.3) is 11.8 Å². The molecule has 2 aliphatic heterocycles. The molecule has 0 aliphatic carbocycles. The highest BCUT2D eigenvalue weighted by molar-refractivity contribution is 7.13. The van der Waals surface area contributed by atoms with Gasteiger partial charge in [0, 0.05) is 24.0 Å². The minimum atomic E-state index is -0.706. The van der Waals surface area contributed by atoms with Crippen molar-refractivity contribution in [3.63, 3.8) is 0 Å². The molecule has 1 fully saturated rings. The van der Waals surface area contributed by atoms with Crippen LogP contribution in [0.3, 0.4) is 0 Å². The molecular formula is C25H25N3O3S. The summed E-state index contributed by atoms with van der Waals surface area (Å²) in [7, 11) is 0. The number of carbonyl (C=O) groups excluding carboxylic acids is 2. The van der Waals surface area contributed by atoms with Gasteiger partial charge < -0.3 is 9.64 Å². The first-order chi connectivity index (χ1) is 15.6. The van der Waals surface area contributed by atoms with Crippen molar-refractivity contribution in [2.24, 2.45) is 0 Å². The summed E-state index contributed by atoms with van der Waals surface area (Å²) < 4.78 is 6.05. The van der Waals surface area contributed by atoms with E-state index in [9.17, 15) is 9.59 Å². The minimum Gasteiger partial charge on any atom is -0.476 e. The number of anilines is 1. The Morgan fingerprint density at radius 1 is 1.03 bits per heavy atom. The molecule has 164 valence electrons.